The van der Waals surface area contributed by atoms with Crippen LogP contribution in [0, 0.1) is 0 Å². The minimum atomic E-state index is -0.688. The van der Waals surface area contributed by atoms with E-state index in [-0.39, 0.29) is 0 Å². The van der Waals surface area contributed by atoms with Crippen LogP contribution in [-0.2, 0) is 9.53 Å². The molecule has 1 aromatic carbocycles. The van der Waals surface area contributed by atoms with Crippen LogP contribution in [0.15, 0.2) is 24.3 Å². The Labute approximate surface area is 118 Å². The van der Waals surface area contributed by atoms with E-state index in [1.807, 2.05) is 0 Å². The number of amides is 1. The molecule has 0 heterocycles. The number of hydrogen-bond acceptors (Lipinski definition) is 3. The summed E-state index contributed by atoms with van der Waals surface area (Å²) in [5.41, 5.74) is 0.0893. The number of hydrogen-bond donors (Lipinski definition) is 0. The van der Waals surface area contributed by atoms with Crippen LogP contribution in [0.4, 0.5) is 4.79 Å². The molecule has 0 spiro atoms. The van der Waals surface area contributed by atoms with Crippen LogP contribution in [0.25, 0.3) is 0 Å². The van der Waals surface area contributed by atoms with Gasteiger partial charge in [-0.3, -0.25) is 4.90 Å². The Bertz CT molecular complexity index is 451. The molecule has 1 atom stereocenters. The third kappa shape index (κ3) is 4.56. The molecule has 4 nitrogen and oxygen atoms in total. The van der Waals surface area contributed by atoms with E-state index < -0.39 is 17.7 Å². The second-order valence-electron chi connectivity index (χ2n) is 5.22. The number of carbonyl (C=O) groups is 2. The van der Waals surface area contributed by atoms with E-state index in [2.05, 4.69) is 0 Å². The van der Waals surface area contributed by atoms with Crippen molar-refractivity contribution >= 4 is 24.0 Å². The summed E-state index contributed by atoms with van der Waals surface area (Å²) < 4.78 is 5.23. The predicted molar refractivity (Wildman–Crippen MR) is 74.3 cm³/mol. The van der Waals surface area contributed by atoms with Crippen molar-refractivity contribution in [3.05, 3.63) is 34.9 Å². The van der Waals surface area contributed by atoms with Gasteiger partial charge in [0.25, 0.3) is 0 Å². The van der Waals surface area contributed by atoms with Gasteiger partial charge in [-0.2, -0.15) is 0 Å². The molecule has 104 valence electrons. The lowest BCUT2D eigenvalue weighted by Gasteiger charge is -2.28. The highest BCUT2D eigenvalue weighted by atomic mass is 35.5. The average molecular weight is 284 g/mol. The summed E-state index contributed by atoms with van der Waals surface area (Å²) in [4.78, 5) is 24.4. The van der Waals surface area contributed by atoms with Crippen molar-refractivity contribution in [1.82, 2.24) is 4.90 Å². The van der Waals surface area contributed by atoms with E-state index in [0.717, 1.165) is 0 Å². The zero-order chi connectivity index (χ0) is 14.6. The Hall–Kier alpha value is -1.55. The third-order valence-electron chi connectivity index (χ3n) is 2.44. The van der Waals surface area contributed by atoms with Crippen LogP contribution in [0.1, 0.15) is 32.4 Å². The molecule has 0 aliphatic carbocycles. The molecule has 0 N–H and O–H groups in total. The summed E-state index contributed by atoms with van der Waals surface area (Å²) in [5, 5.41) is 0.577. The minimum Gasteiger partial charge on any atom is -0.444 e. The molecule has 0 aliphatic heterocycles. The van der Waals surface area contributed by atoms with Crippen molar-refractivity contribution in [2.75, 3.05) is 7.05 Å². The molecule has 0 fully saturated rings. The lowest BCUT2D eigenvalue weighted by atomic mass is 10.1. The Morgan fingerprint density at radius 1 is 1.32 bits per heavy atom. The molecule has 0 bridgehead atoms. The summed E-state index contributed by atoms with van der Waals surface area (Å²) in [7, 11) is 1.53. The Morgan fingerprint density at radius 3 is 2.26 bits per heavy atom. The van der Waals surface area contributed by atoms with Gasteiger partial charge in [0, 0.05) is 12.1 Å². The van der Waals surface area contributed by atoms with E-state index >= 15 is 0 Å². The number of halogens is 1. The van der Waals surface area contributed by atoms with Gasteiger partial charge in [0.2, 0.25) is 0 Å². The summed E-state index contributed by atoms with van der Waals surface area (Å²) in [6, 6.07) is 6.09. The first-order valence-electron chi connectivity index (χ1n) is 5.91. The van der Waals surface area contributed by atoms with E-state index in [0.29, 0.717) is 16.9 Å². The number of carbonyl (C=O) groups excluding carboxylic acids is 2. The maximum Gasteiger partial charge on any atom is 0.410 e. The first-order valence-corrected chi connectivity index (χ1v) is 6.29. The topological polar surface area (TPSA) is 46.6 Å². The number of benzene rings is 1. The van der Waals surface area contributed by atoms with Crippen LogP contribution in [0.5, 0.6) is 0 Å². The maximum absolute atomic E-state index is 11.9. The molecule has 0 aromatic heterocycles. The molecule has 1 amide bonds. The highest BCUT2D eigenvalue weighted by Gasteiger charge is 2.26. The monoisotopic (exact) mass is 283 g/mol. The molecular formula is C14H18ClNO3. The number of nitrogens with zero attached hydrogens (tertiary/aromatic N) is 1. The van der Waals surface area contributed by atoms with E-state index in [1.165, 1.54) is 11.9 Å². The summed E-state index contributed by atoms with van der Waals surface area (Å²) in [6.07, 6.45) is 0.159. The number of likely N-dealkylation sites (N-methyl/N-ethyl adjacent to an activating group) is 1. The van der Waals surface area contributed by atoms with Gasteiger partial charge in [0.1, 0.15) is 17.9 Å². The van der Waals surface area contributed by atoms with Crippen molar-refractivity contribution in [3.8, 4) is 0 Å². The van der Waals surface area contributed by atoms with Gasteiger partial charge in [-0.05, 0) is 38.5 Å². The molecule has 0 radical (unpaired) electrons. The molecule has 5 heteroatoms. The molecule has 0 saturated carbocycles. The molecule has 0 saturated heterocycles. The fraction of sp³-hybridized carbons (Fsp3) is 0.429. The highest BCUT2D eigenvalue weighted by molar-refractivity contribution is 6.30. The Kier molecular flexibility index (Phi) is 4.95. The van der Waals surface area contributed by atoms with Gasteiger partial charge < -0.3 is 9.53 Å². The normalized spacial score (nSPS) is 12.7. The lowest BCUT2D eigenvalue weighted by molar-refractivity contribution is -0.112. The zero-order valence-corrected chi connectivity index (χ0v) is 12.3. The largest absolute Gasteiger partial charge is 0.444 e. The molecule has 1 rings (SSSR count). The third-order valence-corrected chi connectivity index (χ3v) is 2.69. The second-order valence-corrected chi connectivity index (χ2v) is 5.66. The van der Waals surface area contributed by atoms with Gasteiger partial charge in [0.15, 0.2) is 0 Å². The molecule has 1 unspecified atom stereocenters. The fourth-order valence-corrected chi connectivity index (χ4v) is 1.63. The highest BCUT2D eigenvalue weighted by Crippen LogP contribution is 2.21. The van der Waals surface area contributed by atoms with E-state index in [4.69, 9.17) is 16.3 Å². The quantitative estimate of drug-likeness (QED) is 0.798. The average Bonchev–Trinajstić information content (AvgIpc) is 2.30. The maximum atomic E-state index is 11.9. The minimum absolute atomic E-state index is 0.542. The number of ether oxygens (including phenoxy) is 1. The van der Waals surface area contributed by atoms with Crippen molar-refractivity contribution in [1.29, 1.82) is 0 Å². The van der Waals surface area contributed by atoms with Crippen LogP contribution >= 0.6 is 11.6 Å². The zero-order valence-electron chi connectivity index (χ0n) is 11.5. The van der Waals surface area contributed by atoms with Crippen molar-refractivity contribution in [2.45, 2.75) is 32.4 Å². The molecule has 0 aliphatic rings. The Balaban J connectivity index is 2.88. The lowest BCUT2D eigenvalue weighted by Crippen LogP contribution is -2.37. The predicted octanol–water partition coefficient (Wildman–Crippen LogP) is 3.45. The Morgan fingerprint density at radius 2 is 1.84 bits per heavy atom. The first kappa shape index (κ1) is 15.5. The molecule has 19 heavy (non-hydrogen) atoms. The van der Waals surface area contributed by atoms with Crippen molar-refractivity contribution in [3.63, 3.8) is 0 Å². The summed E-state index contributed by atoms with van der Waals surface area (Å²) >= 11 is 5.80. The van der Waals surface area contributed by atoms with Gasteiger partial charge >= 0.3 is 6.09 Å². The van der Waals surface area contributed by atoms with Crippen molar-refractivity contribution in [2.24, 2.45) is 0 Å². The first-order chi connectivity index (χ1) is 8.74. The second kappa shape index (κ2) is 6.06. The summed E-state index contributed by atoms with van der Waals surface area (Å²) in [6.45, 7) is 5.32. The number of aldehydes is 1. The van der Waals surface area contributed by atoms with Gasteiger partial charge in [0.05, 0.1) is 0 Å². The van der Waals surface area contributed by atoms with Gasteiger partial charge in [-0.25, -0.2) is 4.79 Å². The van der Waals surface area contributed by atoms with Crippen LogP contribution in [0.3, 0.4) is 0 Å². The van der Waals surface area contributed by atoms with E-state index in [1.54, 1.807) is 45.0 Å². The molecule has 1 aromatic rings. The number of rotatable bonds is 3. The van der Waals surface area contributed by atoms with Gasteiger partial charge in [-0.1, -0.05) is 23.7 Å². The summed E-state index contributed by atoms with van der Waals surface area (Å²) in [5.74, 6) is 0. The SMILES string of the molecule is CN(C(=O)OC(C)(C)C)C(C=O)c1ccc(Cl)cc1. The van der Waals surface area contributed by atoms with Crippen LogP contribution in [-0.4, -0.2) is 29.9 Å². The van der Waals surface area contributed by atoms with E-state index in [9.17, 15) is 9.59 Å². The molecular weight excluding hydrogens is 266 g/mol. The smallest absolute Gasteiger partial charge is 0.410 e. The van der Waals surface area contributed by atoms with Gasteiger partial charge in [-0.15, -0.1) is 0 Å². The standard InChI is InChI=1S/C14H18ClNO3/c1-14(2,3)19-13(18)16(4)12(9-17)10-5-7-11(15)8-6-10/h5-9,12H,1-4H3. The van der Waals surface area contributed by atoms with Crippen molar-refractivity contribution < 1.29 is 14.3 Å². The van der Waals surface area contributed by atoms with Crippen LogP contribution in [0.2, 0.25) is 5.02 Å². The fourth-order valence-electron chi connectivity index (χ4n) is 1.50. The van der Waals surface area contributed by atoms with Crippen LogP contribution < -0.4 is 0 Å².